The third-order valence-electron chi connectivity index (χ3n) is 3.86. The highest BCUT2D eigenvalue weighted by atomic mass is 35.5. The average molecular weight is 283 g/mol. The summed E-state index contributed by atoms with van der Waals surface area (Å²) in [5.41, 5.74) is 6.62. The molecule has 0 bridgehead atoms. The minimum atomic E-state index is -0.447. The summed E-state index contributed by atoms with van der Waals surface area (Å²) in [6, 6.07) is 1.85. The van der Waals surface area contributed by atoms with Crippen molar-refractivity contribution in [3.05, 3.63) is 23.0 Å². The Morgan fingerprint density at radius 2 is 1.84 bits per heavy atom. The SMILES string of the molecule is CC1(C)OB(c2cc(Cl)cnc2CCN)OC1(C)C. The number of pyridine rings is 1. The number of nitrogens with zero attached hydrogens (tertiary/aromatic N) is 1. The Hall–Kier alpha value is -0.615. The van der Waals surface area contributed by atoms with E-state index >= 15 is 0 Å². The van der Waals surface area contributed by atoms with Crippen molar-refractivity contribution in [2.45, 2.75) is 45.3 Å². The molecule has 19 heavy (non-hydrogen) atoms. The Bertz CT molecular complexity index is 464. The zero-order valence-corrected chi connectivity index (χ0v) is 12.6. The van der Waals surface area contributed by atoms with Gasteiger partial charge < -0.3 is 15.0 Å². The fourth-order valence-electron chi connectivity index (χ4n) is 2.00. The van der Waals surface area contributed by atoms with Crippen LogP contribution in [0.2, 0.25) is 5.02 Å². The van der Waals surface area contributed by atoms with Gasteiger partial charge in [0.15, 0.2) is 0 Å². The van der Waals surface area contributed by atoms with Crippen molar-refractivity contribution in [2.75, 3.05) is 6.54 Å². The second-order valence-corrected chi connectivity index (χ2v) is 6.25. The Morgan fingerprint density at radius 1 is 1.26 bits per heavy atom. The van der Waals surface area contributed by atoms with Gasteiger partial charge in [0.25, 0.3) is 0 Å². The first kappa shape index (κ1) is 14.8. The molecule has 0 unspecified atom stereocenters. The highest BCUT2D eigenvalue weighted by Crippen LogP contribution is 2.36. The summed E-state index contributed by atoms with van der Waals surface area (Å²) in [6.07, 6.45) is 2.30. The lowest BCUT2D eigenvalue weighted by Crippen LogP contribution is -2.41. The van der Waals surface area contributed by atoms with Gasteiger partial charge in [0, 0.05) is 23.8 Å². The average Bonchev–Trinajstić information content (AvgIpc) is 2.51. The lowest BCUT2D eigenvalue weighted by molar-refractivity contribution is 0.00578. The summed E-state index contributed by atoms with van der Waals surface area (Å²) in [4.78, 5) is 4.34. The normalized spacial score (nSPS) is 20.8. The molecule has 0 amide bonds. The molecule has 1 aromatic rings. The van der Waals surface area contributed by atoms with Crippen molar-refractivity contribution in [1.82, 2.24) is 4.98 Å². The summed E-state index contributed by atoms with van der Waals surface area (Å²) in [5.74, 6) is 0. The molecule has 6 heteroatoms. The number of halogens is 1. The Morgan fingerprint density at radius 3 is 2.37 bits per heavy atom. The van der Waals surface area contributed by atoms with Crippen LogP contribution < -0.4 is 11.2 Å². The van der Waals surface area contributed by atoms with E-state index in [0.717, 1.165) is 11.2 Å². The molecule has 2 heterocycles. The number of hydrogen-bond acceptors (Lipinski definition) is 4. The zero-order chi connectivity index (χ0) is 14.3. The molecule has 104 valence electrons. The molecule has 0 radical (unpaired) electrons. The third-order valence-corrected chi connectivity index (χ3v) is 4.07. The number of rotatable bonds is 3. The minimum absolute atomic E-state index is 0.375. The van der Waals surface area contributed by atoms with E-state index in [1.165, 1.54) is 0 Å². The maximum atomic E-state index is 6.03. The number of aromatic nitrogens is 1. The largest absolute Gasteiger partial charge is 0.496 e. The lowest BCUT2D eigenvalue weighted by atomic mass is 9.77. The van der Waals surface area contributed by atoms with E-state index < -0.39 is 7.12 Å². The van der Waals surface area contributed by atoms with Gasteiger partial charge in [0.05, 0.1) is 16.2 Å². The first-order chi connectivity index (χ1) is 8.77. The van der Waals surface area contributed by atoms with Crippen LogP contribution in [-0.2, 0) is 15.7 Å². The van der Waals surface area contributed by atoms with E-state index in [2.05, 4.69) is 4.98 Å². The van der Waals surface area contributed by atoms with Gasteiger partial charge >= 0.3 is 7.12 Å². The van der Waals surface area contributed by atoms with E-state index in [4.69, 9.17) is 26.6 Å². The van der Waals surface area contributed by atoms with Crippen LogP contribution in [0.3, 0.4) is 0 Å². The minimum Gasteiger partial charge on any atom is -0.399 e. The summed E-state index contributed by atoms with van der Waals surface area (Å²) in [6.45, 7) is 8.61. The zero-order valence-electron chi connectivity index (χ0n) is 11.9. The van der Waals surface area contributed by atoms with Crippen molar-refractivity contribution in [3.8, 4) is 0 Å². The van der Waals surface area contributed by atoms with Crippen molar-refractivity contribution in [2.24, 2.45) is 5.73 Å². The molecule has 1 aliphatic heterocycles. The number of nitrogens with two attached hydrogens (primary N) is 1. The maximum Gasteiger partial charge on any atom is 0.496 e. The van der Waals surface area contributed by atoms with Gasteiger partial charge in [0.1, 0.15) is 0 Å². The van der Waals surface area contributed by atoms with E-state index in [0.29, 0.717) is 18.0 Å². The molecule has 1 aromatic heterocycles. The van der Waals surface area contributed by atoms with Crippen LogP contribution in [0.25, 0.3) is 0 Å². The maximum absolute atomic E-state index is 6.03. The molecule has 0 saturated carbocycles. The van der Waals surface area contributed by atoms with E-state index in [-0.39, 0.29) is 11.2 Å². The Balaban J connectivity index is 2.35. The van der Waals surface area contributed by atoms with E-state index in [9.17, 15) is 0 Å². The Kier molecular flexibility index (Phi) is 3.93. The molecule has 0 atom stereocenters. The van der Waals surface area contributed by atoms with Gasteiger partial charge in [-0.2, -0.15) is 0 Å². The molecule has 1 fully saturated rings. The fraction of sp³-hybridized carbons (Fsp3) is 0.615. The van der Waals surface area contributed by atoms with Crippen molar-refractivity contribution in [1.29, 1.82) is 0 Å². The van der Waals surface area contributed by atoms with Crippen LogP contribution in [-0.4, -0.2) is 29.8 Å². The monoisotopic (exact) mass is 282 g/mol. The molecule has 0 aliphatic carbocycles. The smallest absolute Gasteiger partial charge is 0.399 e. The summed E-state index contributed by atoms with van der Waals surface area (Å²) >= 11 is 6.03. The molecule has 4 nitrogen and oxygen atoms in total. The van der Waals surface area contributed by atoms with Gasteiger partial charge in [0.2, 0.25) is 0 Å². The second kappa shape index (κ2) is 5.06. The lowest BCUT2D eigenvalue weighted by Gasteiger charge is -2.32. The molecule has 0 spiro atoms. The van der Waals surface area contributed by atoms with Crippen LogP contribution in [0.1, 0.15) is 33.4 Å². The molecular formula is C13H20BClN2O2. The molecular weight excluding hydrogens is 262 g/mol. The topological polar surface area (TPSA) is 57.4 Å². The van der Waals surface area contributed by atoms with Crippen LogP contribution in [0.5, 0.6) is 0 Å². The van der Waals surface area contributed by atoms with E-state index in [1.54, 1.807) is 6.20 Å². The predicted octanol–water partition coefficient (Wildman–Crippen LogP) is 1.54. The molecule has 2 rings (SSSR count). The first-order valence-electron chi connectivity index (χ1n) is 6.47. The van der Waals surface area contributed by atoms with Crippen molar-refractivity contribution >= 4 is 24.2 Å². The van der Waals surface area contributed by atoms with Crippen LogP contribution >= 0.6 is 11.6 Å². The van der Waals surface area contributed by atoms with Crippen molar-refractivity contribution in [3.63, 3.8) is 0 Å². The number of hydrogen-bond donors (Lipinski definition) is 1. The Labute approximate surface area is 119 Å². The standard InChI is InChI=1S/C13H20BClN2O2/c1-12(2)13(3,4)19-14(18-12)10-7-9(15)8-17-11(10)5-6-16/h7-8H,5-6,16H2,1-4H3. The van der Waals surface area contributed by atoms with Gasteiger partial charge in [-0.05, 0) is 40.3 Å². The highest BCUT2D eigenvalue weighted by molar-refractivity contribution is 6.62. The van der Waals surface area contributed by atoms with Crippen molar-refractivity contribution < 1.29 is 9.31 Å². The summed E-state index contributed by atoms with van der Waals surface area (Å²) in [7, 11) is -0.447. The van der Waals surface area contributed by atoms with Gasteiger partial charge in [-0.25, -0.2) is 0 Å². The van der Waals surface area contributed by atoms with Gasteiger partial charge in [-0.1, -0.05) is 11.6 Å². The fourth-order valence-corrected chi connectivity index (χ4v) is 2.17. The van der Waals surface area contributed by atoms with Crippen LogP contribution in [0.4, 0.5) is 0 Å². The van der Waals surface area contributed by atoms with Crippen LogP contribution in [0, 0.1) is 0 Å². The molecule has 2 N–H and O–H groups in total. The first-order valence-corrected chi connectivity index (χ1v) is 6.84. The third kappa shape index (κ3) is 2.79. The summed E-state index contributed by atoms with van der Waals surface area (Å²) in [5, 5.41) is 0.575. The quantitative estimate of drug-likeness (QED) is 0.854. The molecule has 0 aromatic carbocycles. The van der Waals surface area contributed by atoms with Crippen LogP contribution in [0.15, 0.2) is 12.3 Å². The summed E-state index contributed by atoms with van der Waals surface area (Å²) < 4.78 is 12.1. The molecule has 1 aliphatic rings. The second-order valence-electron chi connectivity index (χ2n) is 5.82. The van der Waals surface area contributed by atoms with Gasteiger partial charge in [-0.3, -0.25) is 4.98 Å². The van der Waals surface area contributed by atoms with Gasteiger partial charge in [-0.15, -0.1) is 0 Å². The van der Waals surface area contributed by atoms with E-state index in [1.807, 2.05) is 33.8 Å². The predicted molar refractivity (Wildman–Crippen MR) is 77.7 cm³/mol. The molecule has 1 saturated heterocycles. The highest BCUT2D eigenvalue weighted by Gasteiger charge is 2.52.